The van der Waals surface area contributed by atoms with Gasteiger partial charge in [-0.25, -0.2) is 19.4 Å². The largest absolute Gasteiger partial charge is 0.492 e. The van der Waals surface area contributed by atoms with Crippen LogP contribution >= 0.6 is 0 Å². The Balaban J connectivity index is 1.20. The molecule has 0 aliphatic carbocycles. The number of imidazole rings is 1. The summed E-state index contributed by atoms with van der Waals surface area (Å²) >= 11 is 0. The fourth-order valence-electron chi connectivity index (χ4n) is 5.30. The van der Waals surface area contributed by atoms with Crippen LogP contribution in [0.25, 0.3) is 11.0 Å². The fraction of sp³-hybridized carbons (Fsp3) is 0.379. The molecule has 1 amide bonds. The van der Waals surface area contributed by atoms with Crippen LogP contribution in [0, 0.1) is 5.41 Å². The van der Waals surface area contributed by atoms with Gasteiger partial charge in [0, 0.05) is 50.1 Å². The topological polar surface area (TPSA) is 155 Å². The van der Waals surface area contributed by atoms with Gasteiger partial charge < -0.3 is 19.8 Å². The molecular weight excluding hydrogens is 510 g/mol. The van der Waals surface area contributed by atoms with Gasteiger partial charge >= 0.3 is 5.76 Å². The summed E-state index contributed by atoms with van der Waals surface area (Å²) in [7, 11) is 1.97. The van der Waals surface area contributed by atoms with Gasteiger partial charge in [-0.05, 0) is 49.4 Å². The van der Waals surface area contributed by atoms with Crippen molar-refractivity contribution in [2.75, 3.05) is 13.1 Å². The van der Waals surface area contributed by atoms with Gasteiger partial charge in [-0.2, -0.15) is 0 Å². The summed E-state index contributed by atoms with van der Waals surface area (Å²) in [4.78, 5) is 30.1. The first kappa shape index (κ1) is 27.2. The van der Waals surface area contributed by atoms with Gasteiger partial charge in [0.1, 0.15) is 11.7 Å². The molecule has 4 aromatic rings. The Morgan fingerprint density at radius 1 is 1.12 bits per heavy atom. The second-order valence-electron chi connectivity index (χ2n) is 10.3. The van der Waals surface area contributed by atoms with E-state index in [1.807, 2.05) is 53.9 Å². The number of aromatic nitrogens is 3. The van der Waals surface area contributed by atoms with Gasteiger partial charge in [-0.3, -0.25) is 15.6 Å². The van der Waals surface area contributed by atoms with Crippen molar-refractivity contribution in [2.45, 2.75) is 51.5 Å². The van der Waals surface area contributed by atoms with Crippen LogP contribution in [0.15, 0.2) is 51.7 Å². The second-order valence-corrected chi connectivity index (χ2v) is 10.3. The number of aryl methyl sites for hydroxylation is 4. The molecule has 0 bridgehead atoms. The third-order valence-electron chi connectivity index (χ3n) is 7.59. The molecule has 0 unspecified atom stereocenters. The monoisotopic (exact) mass is 545 g/mol. The number of carbonyl (C=O) groups is 1. The Morgan fingerprint density at radius 3 is 2.50 bits per heavy atom. The molecule has 0 saturated carbocycles. The molecule has 210 valence electrons. The van der Waals surface area contributed by atoms with Crippen LogP contribution in [-0.4, -0.2) is 49.1 Å². The van der Waals surface area contributed by atoms with Crippen LogP contribution in [0.5, 0.6) is 5.88 Å². The van der Waals surface area contributed by atoms with E-state index in [-0.39, 0.29) is 23.7 Å². The Bertz CT molecular complexity index is 1590. The van der Waals surface area contributed by atoms with Crippen molar-refractivity contribution < 1.29 is 14.3 Å². The summed E-state index contributed by atoms with van der Waals surface area (Å²) in [6, 6.07) is 13.0. The van der Waals surface area contributed by atoms with Crippen LogP contribution in [0.2, 0.25) is 0 Å². The lowest BCUT2D eigenvalue weighted by Crippen LogP contribution is -2.47. The van der Waals surface area contributed by atoms with Gasteiger partial charge in [0.2, 0.25) is 5.88 Å². The maximum absolute atomic E-state index is 13.0. The van der Waals surface area contributed by atoms with Crippen LogP contribution in [0.1, 0.15) is 65.3 Å². The maximum Gasteiger partial charge on any atom is 0.422 e. The number of hydrazine groups is 1. The first-order valence-electron chi connectivity index (χ1n) is 13.6. The number of hydrogen-bond donors (Lipinski definition) is 4. The number of nitrogens with two attached hydrogens (primary N) is 1. The summed E-state index contributed by atoms with van der Waals surface area (Å²) in [5.74, 6) is 0.482. The number of rotatable bonds is 9. The molecule has 5 rings (SSSR count). The summed E-state index contributed by atoms with van der Waals surface area (Å²) in [5, 5.41) is 19.8. The van der Waals surface area contributed by atoms with E-state index in [4.69, 9.17) is 20.5 Å². The number of fused-ring (bicyclic) bond motifs is 1. The van der Waals surface area contributed by atoms with Crippen molar-refractivity contribution in [2.24, 2.45) is 12.8 Å². The van der Waals surface area contributed by atoms with Gasteiger partial charge in [0.15, 0.2) is 5.76 Å². The van der Waals surface area contributed by atoms with Crippen molar-refractivity contribution in [3.8, 4) is 5.88 Å². The van der Waals surface area contributed by atoms with E-state index in [1.54, 1.807) is 12.1 Å². The minimum atomic E-state index is -0.530. The van der Waals surface area contributed by atoms with Crippen LogP contribution in [0.3, 0.4) is 0 Å². The lowest BCUT2D eigenvalue weighted by Gasteiger charge is -2.32. The van der Waals surface area contributed by atoms with Crippen molar-refractivity contribution in [3.63, 3.8) is 0 Å². The number of amides is 1. The van der Waals surface area contributed by atoms with Crippen LogP contribution in [-0.2, 0) is 26.3 Å². The predicted octanol–water partition coefficient (Wildman–Crippen LogP) is 3.04. The number of aromatic hydroxyl groups is 1. The van der Waals surface area contributed by atoms with Gasteiger partial charge in [0.25, 0.3) is 5.91 Å². The minimum absolute atomic E-state index is 0.0542. The molecule has 1 aliphatic rings. The quantitative estimate of drug-likeness (QED) is 0.186. The molecule has 1 fully saturated rings. The Morgan fingerprint density at radius 2 is 1.82 bits per heavy atom. The lowest BCUT2D eigenvalue weighted by molar-refractivity contribution is 0.0700. The number of benzene rings is 2. The number of carbonyl (C=O) groups excluding carboxylic acids is 1. The molecule has 3 heterocycles. The molecule has 40 heavy (non-hydrogen) atoms. The van der Waals surface area contributed by atoms with Crippen molar-refractivity contribution in [3.05, 3.63) is 81.3 Å². The minimum Gasteiger partial charge on any atom is -0.492 e. The molecule has 2 aromatic heterocycles. The van der Waals surface area contributed by atoms with E-state index < -0.39 is 5.76 Å². The third-order valence-corrected chi connectivity index (χ3v) is 7.59. The molecule has 0 spiro atoms. The van der Waals surface area contributed by atoms with E-state index in [0.717, 1.165) is 41.7 Å². The van der Waals surface area contributed by atoms with Crippen molar-refractivity contribution in [1.82, 2.24) is 24.6 Å². The summed E-state index contributed by atoms with van der Waals surface area (Å²) in [5.41, 5.74) is 12.6. The molecule has 1 aliphatic heterocycles. The normalized spacial score (nSPS) is 14.6. The SMILES string of the molecule is CCCc1oc(=O)n(C2CCN(NC(=O)c3ccc4c(c3)nc(CCc3ccc(C(=N)N)cc3)n4C)CC2)c1O. The highest BCUT2D eigenvalue weighted by molar-refractivity contribution is 5.97. The molecular formula is C29H35N7O4. The predicted molar refractivity (Wildman–Crippen MR) is 152 cm³/mol. The number of oxazole rings is 1. The number of piperidine rings is 1. The van der Waals surface area contributed by atoms with Gasteiger partial charge in [-0.15, -0.1) is 0 Å². The third kappa shape index (κ3) is 5.50. The number of hydrogen-bond acceptors (Lipinski definition) is 7. The van der Waals surface area contributed by atoms with Crippen molar-refractivity contribution >= 4 is 22.8 Å². The Labute approximate surface area is 231 Å². The first-order chi connectivity index (χ1) is 19.2. The average Bonchev–Trinajstić information content (AvgIpc) is 3.42. The molecule has 11 nitrogen and oxygen atoms in total. The lowest BCUT2D eigenvalue weighted by atomic mass is 10.1. The molecule has 0 atom stereocenters. The highest BCUT2D eigenvalue weighted by atomic mass is 16.4. The summed E-state index contributed by atoms with van der Waals surface area (Å²) in [6.45, 7) is 3.04. The van der Waals surface area contributed by atoms with Crippen LogP contribution < -0.4 is 16.9 Å². The Kier molecular flexibility index (Phi) is 7.74. The van der Waals surface area contributed by atoms with E-state index in [9.17, 15) is 14.7 Å². The number of nitrogens with one attached hydrogen (secondary N) is 2. The molecule has 0 radical (unpaired) electrons. The smallest absolute Gasteiger partial charge is 0.422 e. The molecule has 5 N–H and O–H groups in total. The molecule has 11 heteroatoms. The van der Waals surface area contributed by atoms with E-state index in [1.165, 1.54) is 4.57 Å². The van der Waals surface area contributed by atoms with Crippen LogP contribution in [0.4, 0.5) is 0 Å². The number of nitrogen functional groups attached to an aromatic ring is 1. The van der Waals surface area contributed by atoms with Gasteiger partial charge in [0.05, 0.1) is 11.0 Å². The highest BCUT2D eigenvalue weighted by Crippen LogP contribution is 2.28. The van der Waals surface area contributed by atoms with E-state index in [0.29, 0.717) is 49.2 Å². The zero-order valence-corrected chi connectivity index (χ0v) is 22.8. The second kappa shape index (κ2) is 11.4. The standard InChI is InChI=1S/C29H35N7O4/c1-3-4-24-28(38)36(29(39)40-24)21-13-15-35(16-14-21)33-27(37)20-10-11-23-22(17-20)32-25(34(23)2)12-7-18-5-8-19(9-6-18)26(30)31/h5-6,8-11,17,21,38H,3-4,7,12-16H2,1-2H3,(H3,30,31)(H,33,37). The first-order valence-corrected chi connectivity index (χ1v) is 13.6. The molecule has 1 saturated heterocycles. The Hall–Kier alpha value is -4.38. The summed E-state index contributed by atoms with van der Waals surface area (Å²) in [6.07, 6.45) is 4.00. The maximum atomic E-state index is 13.0. The number of amidine groups is 1. The average molecular weight is 546 g/mol. The van der Waals surface area contributed by atoms with Gasteiger partial charge in [-0.1, -0.05) is 31.2 Å². The molecule has 2 aromatic carbocycles. The van der Waals surface area contributed by atoms with E-state index >= 15 is 0 Å². The zero-order valence-electron chi connectivity index (χ0n) is 22.8. The zero-order chi connectivity index (χ0) is 28.4. The highest BCUT2D eigenvalue weighted by Gasteiger charge is 2.27. The number of nitrogens with zero attached hydrogens (tertiary/aromatic N) is 4. The fourth-order valence-corrected chi connectivity index (χ4v) is 5.30. The summed E-state index contributed by atoms with van der Waals surface area (Å²) < 4.78 is 8.63. The van der Waals surface area contributed by atoms with Crippen molar-refractivity contribution in [1.29, 1.82) is 5.41 Å². The van der Waals surface area contributed by atoms with E-state index in [2.05, 4.69) is 5.43 Å².